The number of ether oxygens (including phenoxy) is 3. The van der Waals surface area contributed by atoms with Crippen LogP contribution in [0.2, 0.25) is 5.02 Å². The van der Waals surface area contributed by atoms with Gasteiger partial charge in [-0.15, -0.1) is 0 Å². The first-order valence-corrected chi connectivity index (χ1v) is 12.9. The fraction of sp³-hybridized carbons (Fsp3) is 0.400. The van der Waals surface area contributed by atoms with Crippen LogP contribution in [0.15, 0.2) is 60.2 Å². The van der Waals surface area contributed by atoms with Crippen LogP contribution in [0.3, 0.4) is 0 Å². The van der Waals surface area contributed by atoms with Gasteiger partial charge in [-0.3, -0.25) is 9.59 Å². The molecule has 0 aromatic heterocycles. The summed E-state index contributed by atoms with van der Waals surface area (Å²) in [5.74, 6) is -4.30. The van der Waals surface area contributed by atoms with Gasteiger partial charge in [0.15, 0.2) is 0 Å². The summed E-state index contributed by atoms with van der Waals surface area (Å²) in [7, 11) is 1.23. The van der Waals surface area contributed by atoms with Crippen molar-refractivity contribution in [3.8, 4) is 0 Å². The van der Waals surface area contributed by atoms with Crippen molar-refractivity contribution in [3.63, 3.8) is 0 Å². The minimum atomic E-state index is -1.75. The maximum absolute atomic E-state index is 14.5. The molecule has 2 aromatic carbocycles. The van der Waals surface area contributed by atoms with E-state index in [1.54, 1.807) is 90.1 Å². The highest BCUT2D eigenvalue weighted by Crippen LogP contribution is 2.58. The molecule has 0 unspecified atom stereocenters. The number of halogens is 1. The number of anilines is 1. The van der Waals surface area contributed by atoms with Crippen LogP contribution in [0.5, 0.6) is 0 Å². The van der Waals surface area contributed by atoms with Gasteiger partial charge in [0, 0.05) is 16.5 Å². The Morgan fingerprint density at radius 2 is 1.49 bits per heavy atom. The normalized spacial score (nSPS) is 22.4. The zero-order valence-electron chi connectivity index (χ0n) is 23.0. The number of methoxy groups -OCH3 is 1. The van der Waals surface area contributed by atoms with Gasteiger partial charge in [-0.2, -0.15) is 0 Å². The lowest BCUT2D eigenvalue weighted by Crippen LogP contribution is -2.50. The lowest BCUT2D eigenvalue weighted by atomic mass is 9.69. The minimum absolute atomic E-state index is 0.102. The van der Waals surface area contributed by atoms with E-state index in [9.17, 15) is 19.2 Å². The van der Waals surface area contributed by atoms with Crippen molar-refractivity contribution < 1.29 is 33.4 Å². The van der Waals surface area contributed by atoms with Crippen LogP contribution in [0, 0.1) is 5.92 Å². The molecule has 0 bridgehead atoms. The standard InChI is InChI=1S/C30H32ClNO7/c1-28(2,3)38-25(34)23-22(17-12-14-18(31)15-13-17)19(24(33)37-7)16-30(23)20-10-8-9-11-21(20)32(26(30)35)27(36)39-29(4,5)6/h8-16,22-23H,1-7H3/t22-,23-,30-/m1/s1. The molecule has 1 heterocycles. The molecule has 0 saturated heterocycles. The Hall–Kier alpha value is -3.65. The lowest BCUT2D eigenvalue weighted by molar-refractivity contribution is -0.163. The minimum Gasteiger partial charge on any atom is -0.466 e. The number of fused-ring (bicyclic) bond motifs is 2. The zero-order chi connectivity index (χ0) is 28.9. The van der Waals surface area contributed by atoms with E-state index in [1.807, 2.05) is 0 Å². The second-order valence-electron chi connectivity index (χ2n) is 11.6. The van der Waals surface area contributed by atoms with Gasteiger partial charge in [-0.05, 0) is 70.9 Å². The summed E-state index contributed by atoms with van der Waals surface area (Å²) in [4.78, 5) is 56.1. The molecule has 2 aliphatic rings. The van der Waals surface area contributed by atoms with E-state index in [0.717, 1.165) is 4.90 Å². The fourth-order valence-corrected chi connectivity index (χ4v) is 5.38. The predicted molar refractivity (Wildman–Crippen MR) is 145 cm³/mol. The van der Waals surface area contributed by atoms with Gasteiger partial charge in [0.2, 0.25) is 0 Å². The van der Waals surface area contributed by atoms with Gasteiger partial charge in [-0.1, -0.05) is 48.0 Å². The summed E-state index contributed by atoms with van der Waals surface area (Å²) < 4.78 is 16.5. The lowest BCUT2D eigenvalue weighted by Gasteiger charge is -2.34. The molecule has 0 N–H and O–H groups in total. The number of benzene rings is 2. The van der Waals surface area contributed by atoms with E-state index in [1.165, 1.54) is 13.2 Å². The number of hydrogen-bond acceptors (Lipinski definition) is 7. The third kappa shape index (κ3) is 5.05. The maximum atomic E-state index is 14.5. The van der Waals surface area contributed by atoms with Crippen LogP contribution in [0.1, 0.15) is 58.6 Å². The summed E-state index contributed by atoms with van der Waals surface area (Å²) in [5.41, 5.74) is -2.22. The Kier molecular flexibility index (Phi) is 7.15. The van der Waals surface area contributed by atoms with Crippen LogP contribution in [-0.2, 0) is 34.0 Å². The Labute approximate surface area is 232 Å². The molecule has 4 rings (SSSR count). The van der Waals surface area contributed by atoms with E-state index in [4.69, 9.17) is 25.8 Å². The van der Waals surface area contributed by atoms with Gasteiger partial charge in [0.25, 0.3) is 5.91 Å². The van der Waals surface area contributed by atoms with Gasteiger partial charge in [-0.25, -0.2) is 14.5 Å². The van der Waals surface area contributed by atoms with Crippen molar-refractivity contribution in [2.75, 3.05) is 12.0 Å². The average molecular weight is 554 g/mol. The number of carbonyl (C=O) groups is 4. The molecule has 39 heavy (non-hydrogen) atoms. The van der Waals surface area contributed by atoms with E-state index in [0.29, 0.717) is 16.1 Å². The maximum Gasteiger partial charge on any atom is 0.421 e. The first-order valence-electron chi connectivity index (χ1n) is 12.6. The smallest absolute Gasteiger partial charge is 0.421 e. The van der Waals surface area contributed by atoms with Crippen molar-refractivity contribution >= 4 is 41.2 Å². The fourth-order valence-electron chi connectivity index (χ4n) is 5.26. The largest absolute Gasteiger partial charge is 0.466 e. The third-order valence-corrected chi connectivity index (χ3v) is 6.83. The van der Waals surface area contributed by atoms with E-state index < -0.39 is 52.4 Å². The number of para-hydroxylation sites is 1. The first kappa shape index (κ1) is 28.4. The van der Waals surface area contributed by atoms with Crippen LogP contribution >= 0.6 is 11.6 Å². The Balaban J connectivity index is 2.01. The number of nitrogens with zero attached hydrogens (tertiary/aromatic N) is 1. The zero-order valence-corrected chi connectivity index (χ0v) is 23.8. The highest BCUT2D eigenvalue weighted by Gasteiger charge is 2.66. The first-order chi connectivity index (χ1) is 18.1. The molecule has 0 saturated carbocycles. The molecule has 0 radical (unpaired) electrons. The summed E-state index contributed by atoms with van der Waals surface area (Å²) in [6, 6.07) is 13.3. The highest BCUT2D eigenvalue weighted by molar-refractivity contribution is 6.30. The summed E-state index contributed by atoms with van der Waals surface area (Å²) in [6.45, 7) is 10.2. The number of hydrogen-bond donors (Lipinski definition) is 0. The average Bonchev–Trinajstić information content (AvgIpc) is 3.31. The second-order valence-corrected chi connectivity index (χ2v) is 12.1. The quantitative estimate of drug-likeness (QED) is 0.354. The number of amides is 2. The van der Waals surface area contributed by atoms with Crippen LogP contribution in [-0.4, -0.2) is 42.3 Å². The molecule has 206 valence electrons. The molecule has 2 amide bonds. The second kappa shape index (κ2) is 9.83. The molecular formula is C30H32ClNO7. The van der Waals surface area contributed by atoms with Crippen molar-refractivity contribution in [2.45, 2.75) is 64.1 Å². The van der Waals surface area contributed by atoms with Crippen LogP contribution in [0.4, 0.5) is 10.5 Å². The number of carbonyl (C=O) groups excluding carboxylic acids is 4. The van der Waals surface area contributed by atoms with Crippen molar-refractivity contribution in [1.82, 2.24) is 0 Å². The SMILES string of the molecule is COC(=O)C1=C[C@]2(C(=O)N(C(=O)OC(C)(C)C)c3ccccc32)[C@@H](C(=O)OC(C)(C)C)[C@@H]1c1ccc(Cl)cc1. The Morgan fingerprint density at radius 1 is 0.897 bits per heavy atom. The van der Waals surface area contributed by atoms with Gasteiger partial charge < -0.3 is 14.2 Å². The van der Waals surface area contributed by atoms with Crippen LogP contribution in [0.25, 0.3) is 0 Å². The number of imide groups is 1. The predicted octanol–water partition coefficient (Wildman–Crippen LogP) is 5.71. The van der Waals surface area contributed by atoms with Gasteiger partial charge in [0.05, 0.1) is 18.7 Å². The Morgan fingerprint density at radius 3 is 2.05 bits per heavy atom. The van der Waals surface area contributed by atoms with Crippen molar-refractivity contribution in [3.05, 3.63) is 76.3 Å². The third-order valence-electron chi connectivity index (χ3n) is 6.58. The van der Waals surface area contributed by atoms with Gasteiger partial charge >= 0.3 is 18.0 Å². The van der Waals surface area contributed by atoms with E-state index >= 15 is 0 Å². The molecular weight excluding hydrogens is 522 g/mol. The van der Waals surface area contributed by atoms with Gasteiger partial charge in [0.1, 0.15) is 16.6 Å². The summed E-state index contributed by atoms with van der Waals surface area (Å²) in [5, 5.41) is 0.460. The molecule has 2 aromatic rings. The molecule has 3 atom stereocenters. The monoisotopic (exact) mass is 553 g/mol. The molecule has 1 spiro atoms. The summed E-state index contributed by atoms with van der Waals surface area (Å²) in [6.07, 6.45) is 0.570. The Bertz CT molecular complexity index is 1370. The van der Waals surface area contributed by atoms with E-state index in [-0.39, 0.29) is 11.3 Å². The van der Waals surface area contributed by atoms with Crippen LogP contribution < -0.4 is 4.90 Å². The molecule has 1 aliphatic heterocycles. The van der Waals surface area contributed by atoms with Crippen molar-refractivity contribution in [2.24, 2.45) is 5.92 Å². The topological polar surface area (TPSA) is 99.2 Å². The molecule has 0 fully saturated rings. The molecule has 1 aliphatic carbocycles. The van der Waals surface area contributed by atoms with E-state index in [2.05, 4.69) is 0 Å². The molecule has 8 nitrogen and oxygen atoms in total. The number of esters is 2. The molecule has 9 heteroatoms. The van der Waals surface area contributed by atoms with Crippen molar-refractivity contribution in [1.29, 1.82) is 0 Å². The number of rotatable bonds is 3. The highest BCUT2D eigenvalue weighted by atomic mass is 35.5. The summed E-state index contributed by atoms with van der Waals surface area (Å²) >= 11 is 6.14.